The summed E-state index contributed by atoms with van der Waals surface area (Å²) in [6, 6.07) is 12.0. The first-order chi connectivity index (χ1) is 11.6. The van der Waals surface area contributed by atoms with Gasteiger partial charge < -0.3 is 14.8 Å². The molecule has 1 aliphatic rings. The molecule has 0 aromatic heterocycles. The Bertz CT molecular complexity index is 796. The first-order valence-corrected chi connectivity index (χ1v) is 7.56. The number of para-hydroxylation sites is 1. The lowest BCUT2D eigenvalue weighted by Gasteiger charge is -2.25. The van der Waals surface area contributed by atoms with Crippen molar-refractivity contribution in [3.05, 3.63) is 66.2 Å². The number of amides is 1. The summed E-state index contributed by atoms with van der Waals surface area (Å²) in [6.45, 7) is 5.43. The molecule has 2 aromatic rings. The minimum Gasteiger partial charge on any atom is -0.486 e. The molecule has 0 fully saturated rings. The molecule has 0 radical (unpaired) electrons. The Balaban J connectivity index is 1.86. The summed E-state index contributed by atoms with van der Waals surface area (Å²) >= 11 is 0. The summed E-state index contributed by atoms with van der Waals surface area (Å²) in [5.41, 5.74) is 1.52. The SMILES string of the molecule is C=CC(=O)NC1COc2c(Oc3ccc(C)cc3)cccc2C1=O. The Morgan fingerprint density at radius 3 is 2.75 bits per heavy atom. The smallest absolute Gasteiger partial charge is 0.244 e. The zero-order valence-electron chi connectivity index (χ0n) is 13.2. The van der Waals surface area contributed by atoms with Gasteiger partial charge >= 0.3 is 0 Å². The zero-order chi connectivity index (χ0) is 17.1. The van der Waals surface area contributed by atoms with E-state index in [2.05, 4.69) is 11.9 Å². The van der Waals surface area contributed by atoms with Gasteiger partial charge in [-0.1, -0.05) is 30.3 Å². The molecule has 1 aliphatic heterocycles. The number of carbonyl (C=O) groups is 2. The summed E-state index contributed by atoms with van der Waals surface area (Å²) in [5.74, 6) is 0.908. The van der Waals surface area contributed by atoms with Gasteiger partial charge in [0.05, 0.1) is 5.56 Å². The zero-order valence-corrected chi connectivity index (χ0v) is 13.2. The van der Waals surface area contributed by atoms with Crippen LogP contribution in [0.25, 0.3) is 0 Å². The molecule has 1 unspecified atom stereocenters. The van der Waals surface area contributed by atoms with E-state index >= 15 is 0 Å². The molecule has 2 aromatic carbocycles. The van der Waals surface area contributed by atoms with Gasteiger partial charge in [0.1, 0.15) is 18.4 Å². The molecule has 0 aliphatic carbocycles. The van der Waals surface area contributed by atoms with Crippen LogP contribution in [0.3, 0.4) is 0 Å². The molecular formula is C19H17NO4. The number of ketones is 1. The maximum Gasteiger partial charge on any atom is 0.244 e. The number of carbonyl (C=O) groups excluding carboxylic acids is 2. The van der Waals surface area contributed by atoms with Crippen molar-refractivity contribution in [1.82, 2.24) is 5.32 Å². The van der Waals surface area contributed by atoms with E-state index in [9.17, 15) is 9.59 Å². The topological polar surface area (TPSA) is 64.6 Å². The molecule has 5 heteroatoms. The van der Waals surface area contributed by atoms with Crippen LogP contribution < -0.4 is 14.8 Å². The van der Waals surface area contributed by atoms with Crippen LogP contribution in [0, 0.1) is 6.92 Å². The largest absolute Gasteiger partial charge is 0.486 e. The molecule has 24 heavy (non-hydrogen) atoms. The number of hydrogen-bond donors (Lipinski definition) is 1. The Labute approximate surface area is 139 Å². The Morgan fingerprint density at radius 2 is 2.04 bits per heavy atom. The third-order valence-electron chi connectivity index (χ3n) is 3.71. The van der Waals surface area contributed by atoms with E-state index in [4.69, 9.17) is 9.47 Å². The molecule has 1 N–H and O–H groups in total. The highest BCUT2D eigenvalue weighted by atomic mass is 16.5. The Kier molecular flexibility index (Phi) is 4.33. The first kappa shape index (κ1) is 15.8. The van der Waals surface area contributed by atoms with Gasteiger partial charge in [0.25, 0.3) is 0 Å². The fourth-order valence-electron chi connectivity index (χ4n) is 2.44. The van der Waals surface area contributed by atoms with Crippen LogP contribution in [-0.4, -0.2) is 24.3 Å². The molecule has 1 atom stereocenters. The summed E-state index contributed by atoms with van der Waals surface area (Å²) in [7, 11) is 0. The third-order valence-corrected chi connectivity index (χ3v) is 3.71. The normalized spacial score (nSPS) is 15.9. The summed E-state index contributed by atoms with van der Waals surface area (Å²) < 4.78 is 11.5. The number of Topliss-reactive ketones (excluding diaryl/α,β-unsaturated/α-hetero) is 1. The van der Waals surface area contributed by atoms with Crippen LogP contribution in [-0.2, 0) is 4.79 Å². The van der Waals surface area contributed by atoms with Gasteiger partial charge in [-0.25, -0.2) is 0 Å². The van der Waals surface area contributed by atoms with Gasteiger partial charge in [-0.15, -0.1) is 0 Å². The highest BCUT2D eigenvalue weighted by molar-refractivity contribution is 6.06. The van der Waals surface area contributed by atoms with E-state index in [0.29, 0.717) is 22.8 Å². The van der Waals surface area contributed by atoms with Crippen LogP contribution >= 0.6 is 0 Å². The first-order valence-electron chi connectivity index (χ1n) is 7.56. The monoisotopic (exact) mass is 323 g/mol. The van der Waals surface area contributed by atoms with Crippen LogP contribution in [0.1, 0.15) is 15.9 Å². The summed E-state index contributed by atoms with van der Waals surface area (Å²) in [4.78, 5) is 23.9. The van der Waals surface area contributed by atoms with Crippen LogP contribution in [0.4, 0.5) is 0 Å². The predicted molar refractivity (Wildman–Crippen MR) is 89.6 cm³/mol. The second kappa shape index (κ2) is 6.58. The summed E-state index contributed by atoms with van der Waals surface area (Å²) in [6.07, 6.45) is 1.12. The highest BCUT2D eigenvalue weighted by Crippen LogP contribution is 2.37. The Hall–Kier alpha value is -3.08. The van der Waals surface area contributed by atoms with Crippen molar-refractivity contribution >= 4 is 11.7 Å². The van der Waals surface area contributed by atoms with E-state index in [0.717, 1.165) is 11.6 Å². The van der Waals surface area contributed by atoms with Gasteiger partial charge in [0.2, 0.25) is 5.91 Å². The lowest BCUT2D eigenvalue weighted by Crippen LogP contribution is -2.46. The molecule has 0 saturated carbocycles. The maximum absolute atomic E-state index is 12.5. The number of fused-ring (bicyclic) bond motifs is 1. The number of nitrogens with one attached hydrogen (secondary N) is 1. The molecule has 0 bridgehead atoms. The molecule has 5 nitrogen and oxygen atoms in total. The molecule has 122 valence electrons. The molecule has 1 heterocycles. The summed E-state index contributed by atoms with van der Waals surface area (Å²) in [5, 5.41) is 2.56. The standard InChI is InChI=1S/C19H17NO4/c1-3-17(21)20-15-11-23-19-14(18(15)22)5-4-6-16(19)24-13-9-7-12(2)8-10-13/h3-10,15H,1,11H2,2H3,(H,20,21). The number of aryl methyl sites for hydroxylation is 1. The predicted octanol–water partition coefficient (Wildman–Crippen LogP) is 3.03. The average Bonchev–Trinajstić information content (AvgIpc) is 2.59. The third kappa shape index (κ3) is 3.15. The minimum absolute atomic E-state index is 0.0552. The van der Waals surface area contributed by atoms with Gasteiger partial charge in [-0.05, 0) is 37.3 Å². The highest BCUT2D eigenvalue weighted by Gasteiger charge is 2.31. The fourth-order valence-corrected chi connectivity index (χ4v) is 2.44. The van der Waals surface area contributed by atoms with Crippen molar-refractivity contribution in [1.29, 1.82) is 0 Å². The molecule has 1 amide bonds. The second-order valence-corrected chi connectivity index (χ2v) is 5.49. The van der Waals surface area contributed by atoms with Gasteiger partial charge in [-0.2, -0.15) is 0 Å². The minimum atomic E-state index is -0.724. The van der Waals surface area contributed by atoms with Crippen LogP contribution in [0.15, 0.2) is 55.1 Å². The van der Waals surface area contributed by atoms with Crippen molar-refractivity contribution in [2.45, 2.75) is 13.0 Å². The number of ether oxygens (including phenoxy) is 2. The Morgan fingerprint density at radius 1 is 1.29 bits per heavy atom. The molecular weight excluding hydrogens is 306 g/mol. The number of rotatable bonds is 4. The van der Waals surface area contributed by atoms with E-state index in [1.54, 1.807) is 18.2 Å². The fraction of sp³-hybridized carbons (Fsp3) is 0.158. The quantitative estimate of drug-likeness (QED) is 0.879. The van der Waals surface area contributed by atoms with Crippen LogP contribution in [0.2, 0.25) is 0 Å². The van der Waals surface area contributed by atoms with Crippen molar-refractivity contribution in [2.24, 2.45) is 0 Å². The molecule has 0 spiro atoms. The van der Waals surface area contributed by atoms with Crippen molar-refractivity contribution in [3.63, 3.8) is 0 Å². The van der Waals surface area contributed by atoms with E-state index in [1.165, 1.54) is 0 Å². The van der Waals surface area contributed by atoms with Crippen molar-refractivity contribution in [3.8, 4) is 17.2 Å². The lowest BCUT2D eigenvalue weighted by atomic mass is 10.0. The van der Waals surface area contributed by atoms with E-state index < -0.39 is 11.9 Å². The van der Waals surface area contributed by atoms with Gasteiger partial charge in [-0.3, -0.25) is 9.59 Å². The molecule has 3 rings (SSSR count). The molecule has 0 saturated heterocycles. The van der Waals surface area contributed by atoms with E-state index in [-0.39, 0.29) is 12.4 Å². The van der Waals surface area contributed by atoms with E-state index in [1.807, 2.05) is 31.2 Å². The van der Waals surface area contributed by atoms with Crippen LogP contribution in [0.5, 0.6) is 17.2 Å². The maximum atomic E-state index is 12.5. The second-order valence-electron chi connectivity index (χ2n) is 5.49. The number of hydrogen-bond acceptors (Lipinski definition) is 4. The van der Waals surface area contributed by atoms with Gasteiger partial charge in [0.15, 0.2) is 17.3 Å². The van der Waals surface area contributed by atoms with Crippen molar-refractivity contribution < 1.29 is 19.1 Å². The van der Waals surface area contributed by atoms with Crippen molar-refractivity contribution in [2.75, 3.05) is 6.61 Å². The lowest BCUT2D eigenvalue weighted by molar-refractivity contribution is -0.117. The number of benzene rings is 2. The average molecular weight is 323 g/mol. The van der Waals surface area contributed by atoms with Gasteiger partial charge in [0, 0.05) is 0 Å².